The average Bonchev–Trinajstić information content (AvgIpc) is 3.30. The van der Waals surface area contributed by atoms with E-state index in [1.807, 2.05) is 6.07 Å². The van der Waals surface area contributed by atoms with Gasteiger partial charge in [-0.25, -0.2) is 4.79 Å². The fourth-order valence-electron chi connectivity index (χ4n) is 2.96. The molecule has 1 amide bonds. The Hall–Kier alpha value is -2.54. The first-order chi connectivity index (χ1) is 13.1. The fraction of sp³-hybridized carbons (Fsp3) is 0.444. The molecule has 0 saturated carbocycles. The number of nitriles is 1. The van der Waals surface area contributed by atoms with Crippen LogP contribution in [0.2, 0.25) is 0 Å². The maximum absolute atomic E-state index is 12.0. The van der Waals surface area contributed by atoms with E-state index in [0.29, 0.717) is 42.9 Å². The van der Waals surface area contributed by atoms with Crippen molar-refractivity contribution in [2.75, 3.05) is 25.1 Å². The van der Waals surface area contributed by atoms with Gasteiger partial charge < -0.3 is 29.6 Å². The van der Waals surface area contributed by atoms with Gasteiger partial charge in [0.15, 0.2) is 0 Å². The molecule has 9 heteroatoms. The van der Waals surface area contributed by atoms with Gasteiger partial charge in [-0.1, -0.05) is 0 Å². The summed E-state index contributed by atoms with van der Waals surface area (Å²) in [5.74, 6) is 0.791. The molecule has 0 bridgehead atoms. The van der Waals surface area contributed by atoms with Crippen LogP contribution in [0.5, 0.6) is 0 Å². The minimum Gasteiger partial charge on any atom is -0.469 e. The van der Waals surface area contributed by atoms with Gasteiger partial charge in [0.25, 0.3) is 0 Å². The molecule has 2 aromatic heterocycles. The molecule has 3 heterocycles. The lowest BCUT2D eigenvalue weighted by molar-refractivity contribution is 0.0809. The molecule has 27 heavy (non-hydrogen) atoms. The molecule has 0 aliphatic carbocycles. The number of amides is 1. The smallest absolute Gasteiger partial charge is 0.410 e. The van der Waals surface area contributed by atoms with Gasteiger partial charge in [0.1, 0.15) is 29.7 Å². The van der Waals surface area contributed by atoms with E-state index >= 15 is 0 Å². The van der Waals surface area contributed by atoms with Crippen molar-refractivity contribution >= 4 is 22.4 Å². The summed E-state index contributed by atoms with van der Waals surface area (Å²) in [6.07, 6.45) is 1.88. The molecular formula is C18H21N3O5S. The number of nitrogens with one attached hydrogen (secondary N) is 1. The Morgan fingerprint density at radius 1 is 1.56 bits per heavy atom. The van der Waals surface area contributed by atoms with Gasteiger partial charge in [0.05, 0.1) is 25.0 Å². The quantitative estimate of drug-likeness (QED) is 0.618. The molecule has 144 valence electrons. The van der Waals surface area contributed by atoms with Gasteiger partial charge in [0, 0.05) is 17.8 Å². The first-order valence-corrected chi connectivity index (χ1v) is 9.48. The van der Waals surface area contributed by atoms with Crippen LogP contribution in [0, 0.1) is 11.3 Å². The highest BCUT2D eigenvalue weighted by atomic mass is 32.1. The zero-order valence-corrected chi connectivity index (χ0v) is 15.5. The molecule has 0 aromatic carbocycles. The maximum atomic E-state index is 12.0. The Morgan fingerprint density at radius 2 is 2.41 bits per heavy atom. The topological polar surface area (TPSA) is 119 Å². The second-order valence-electron chi connectivity index (χ2n) is 6.11. The molecule has 0 spiro atoms. The van der Waals surface area contributed by atoms with Crippen LogP contribution in [-0.4, -0.2) is 47.2 Å². The van der Waals surface area contributed by atoms with E-state index in [-0.39, 0.29) is 13.2 Å². The number of nitrogens with zero attached hydrogens (tertiary/aromatic N) is 2. The predicted octanol–water partition coefficient (Wildman–Crippen LogP) is 2.06. The second-order valence-corrected chi connectivity index (χ2v) is 7.21. The molecule has 1 aliphatic rings. The fourth-order valence-corrected chi connectivity index (χ4v) is 4.22. The summed E-state index contributed by atoms with van der Waals surface area (Å²) < 4.78 is 10.2. The van der Waals surface area contributed by atoms with Gasteiger partial charge in [-0.05, 0) is 30.5 Å². The highest BCUT2D eigenvalue weighted by Crippen LogP contribution is 2.37. The van der Waals surface area contributed by atoms with Crippen molar-refractivity contribution in [2.24, 2.45) is 0 Å². The second kappa shape index (κ2) is 8.90. The van der Waals surface area contributed by atoms with E-state index in [1.54, 1.807) is 17.2 Å². The van der Waals surface area contributed by atoms with Crippen LogP contribution in [0.25, 0.3) is 0 Å². The van der Waals surface area contributed by atoms with Crippen molar-refractivity contribution in [1.82, 2.24) is 4.90 Å². The Bertz CT molecular complexity index is 812. The van der Waals surface area contributed by atoms with E-state index in [1.165, 1.54) is 11.3 Å². The summed E-state index contributed by atoms with van der Waals surface area (Å²) in [4.78, 5) is 14.4. The molecule has 1 atom stereocenters. The molecule has 0 saturated heterocycles. The number of aryl methyl sites for hydroxylation is 1. The number of furan rings is 1. The SMILES string of the molecule is N#Cc1c(NC(O)CCc2ccco2)sc2c1CCN(C(=O)OCCO)C2. The number of hydrogen-bond acceptors (Lipinski definition) is 8. The van der Waals surface area contributed by atoms with Crippen LogP contribution in [0.4, 0.5) is 9.80 Å². The van der Waals surface area contributed by atoms with Crippen molar-refractivity contribution in [3.8, 4) is 6.07 Å². The van der Waals surface area contributed by atoms with Crippen molar-refractivity contribution in [3.05, 3.63) is 40.2 Å². The zero-order chi connectivity index (χ0) is 19.2. The monoisotopic (exact) mass is 391 g/mol. The van der Waals surface area contributed by atoms with Crippen molar-refractivity contribution in [1.29, 1.82) is 5.26 Å². The molecular weight excluding hydrogens is 370 g/mol. The summed E-state index contributed by atoms with van der Waals surface area (Å²) in [6, 6.07) is 5.86. The van der Waals surface area contributed by atoms with Gasteiger partial charge in [-0.3, -0.25) is 0 Å². The molecule has 0 radical (unpaired) electrons. The molecule has 2 aromatic rings. The number of aliphatic hydroxyl groups is 2. The van der Waals surface area contributed by atoms with Crippen LogP contribution >= 0.6 is 11.3 Å². The third-order valence-corrected chi connectivity index (χ3v) is 5.43. The standard InChI is InChI=1S/C18H21N3O5S/c19-10-14-13-5-6-21(18(24)26-9-7-22)11-15(13)27-17(14)20-16(23)4-3-12-2-1-8-25-12/h1-2,8,16,20,22-23H,3-7,9,11H2. The van der Waals surface area contributed by atoms with E-state index < -0.39 is 12.3 Å². The molecule has 8 nitrogen and oxygen atoms in total. The molecule has 3 N–H and O–H groups in total. The third-order valence-electron chi connectivity index (χ3n) is 4.29. The Balaban J connectivity index is 1.65. The van der Waals surface area contributed by atoms with Gasteiger partial charge in [0.2, 0.25) is 0 Å². The number of ether oxygens (including phenoxy) is 1. The lowest BCUT2D eigenvalue weighted by atomic mass is 10.0. The average molecular weight is 391 g/mol. The number of hydrogen-bond donors (Lipinski definition) is 3. The van der Waals surface area contributed by atoms with Gasteiger partial charge >= 0.3 is 6.09 Å². The van der Waals surface area contributed by atoms with Gasteiger partial charge in [-0.15, -0.1) is 11.3 Å². The number of rotatable bonds is 7. The van der Waals surface area contributed by atoms with Crippen molar-refractivity contribution < 1.29 is 24.2 Å². The van der Waals surface area contributed by atoms with Crippen LogP contribution in [0.1, 0.15) is 28.2 Å². The number of aliphatic hydroxyl groups excluding tert-OH is 2. The van der Waals surface area contributed by atoms with E-state index in [4.69, 9.17) is 14.3 Å². The summed E-state index contributed by atoms with van der Waals surface area (Å²) in [6.45, 7) is 0.545. The van der Waals surface area contributed by atoms with E-state index in [2.05, 4.69) is 11.4 Å². The Kier molecular flexibility index (Phi) is 6.34. The first kappa shape index (κ1) is 19.2. The number of carbonyl (C=O) groups is 1. The lowest BCUT2D eigenvalue weighted by Gasteiger charge is -2.26. The summed E-state index contributed by atoms with van der Waals surface area (Å²) in [5.41, 5.74) is 1.44. The van der Waals surface area contributed by atoms with Crippen LogP contribution in [0.15, 0.2) is 22.8 Å². The van der Waals surface area contributed by atoms with Crippen LogP contribution in [0.3, 0.4) is 0 Å². The van der Waals surface area contributed by atoms with Gasteiger partial charge in [-0.2, -0.15) is 5.26 Å². The Morgan fingerprint density at radius 3 is 3.11 bits per heavy atom. The highest BCUT2D eigenvalue weighted by molar-refractivity contribution is 7.16. The third kappa shape index (κ3) is 4.60. The van der Waals surface area contributed by atoms with Crippen molar-refractivity contribution in [3.63, 3.8) is 0 Å². The van der Waals surface area contributed by atoms with Crippen LogP contribution < -0.4 is 5.32 Å². The zero-order valence-electron chi connectivity index (χ0n) is 14.7. The largest absolute Gasteiger partial charge is 0.469 e. The number of anilines is 1. The lowest BCUT2D eigenvalue weighted by Crippen LogP contribution is -2.36. The predicted molar refractivity (Wildman–Crippen MR) is 98.2 cm³/mol. The number of thiophene rings is 1. The number of carbonyl (C=O) groups excluding carboxylic acids is 1. The van der Waals surface area contributed by atoms with Crippen LogP contribution in [-0.2, 0) is 24.1 Å². The van der Waals surface area contributed by atoms with E-state index in [0.717, 1.165) is 16.2 Å². The Labute approximate surface area is 160 Å². The van der Waals surface area contributed by atoms with E-state index in [9.17, 15) is 15.2 Å². The summed E-state index contributed by atoms with van der Waals surface area (Å²) >= 11 is 1.37. The number of fused-ring (bicyclic) bond motifs is 1. The summed E-state index contributed by atoms with van der Waals surface area (Å²) in [5, 5.41) is 32.2. The minimum absolute atomic E-state index is 0.0370. The maximum Gasteiger partial charge on any atom is 0.410 e. The first-order valence-electron chi connectivity index (χ1n) is 8.66. The molecule has 0 fully saturated rings. The normalized spacial score (nSPS) is 14.3. The minimum atomic E-state index is -0.812. The highest BCUT2D eigenvalue weighted by Gasteiger charge is 2.28. The summed E-state index contributed by atoms with van der Waals surface area (Å²) in [7, 11) is 0. The molecule has 3 rings (SSSR count). The molecule has 1 unspecified atom stereocenters. The van der Waals surface area contributed by atoms with Crippen molar-refractivity contribution in [2.45, 2.75) is 32.0 Å². The molecule has 1 aliphatic heterocycles.